The molecule has 1 aliphatic carbocycles. The molecule has 0 radical (unpaired) electrons. The summed E-state index contributed by atoms with van der Waals surface area (Å²) in [4.78, 5) is 11.7. The first-order valence-electron chi connectivity index (χ1n) is 5.98. The molecule has 1 aromatic rings. The van der Waals surface area contributed by atoms with Crippen molar-refractivity contribution >= 4 is 5.97 Å². The Balaban J connectivity index is 2.00. The number of hydrogen-bond acceptors (Lipinski definition) is 6. The predicted molar refractivity (Wildman–Crippen MR) is 64.5 cm³/mol. The molecule has 6 nitrogen and oxygen atoms in total. The molecule has 20 heavy (non-hydrogen) atoms. The molecule has 1 aromatic carbocycles. The van der Waals surface area contributed by atoms with Crippen molar-refractivity contribution in [2.45, 2.75) is 5.92 Å². The number of carbonyl (C=O) groups is 1. The average Bonchev–Trinajstić information content (AvgIpc) is 2.94. The van der Waals surface area contributed by atoms with Crippen molar-refractivity contribution in [3.8, 4) is 23.6 Å². The Morgan fingerprint density at radius 2 is 2.05 bits per heavy atom. The van der Waals surface area contributed by atoms with Gasteiger partial charge in [0.2, 0.25) is 6.79 Å². The average molecular weight is 270 g/mol. The number of methoxy groups -OCH3 is 1. The summed E-state index contributed by atoms with van der Waals surface area (Å²) >= 11 is 0. The Kier molecular flexibility index (Phi) is 2.55. The molecule has 2 atom stereocenters. The number of benzene rings is 1. The molecule has 0 amide bonds. The highest BCUT2D eigenvalue weighted by Gasteiger charge is 2.71. The van der Waals surface area contributed by atoms with E-state index in [1.807, 2.05) is 12.1 Å². The number of esters is 1. The van der Waals surface area contributed by atoms with Gasteiger partial charge in [0, 0.05) is 5.92 Å². The summed E-state index contributed by atoms with van der Waals surface area (Å²) in [6.45, 7) is 0.144. The zero-order chi connectivity index (χ0) is 14.3. The molecule has 0 spiro atoms. The number of ether oxygens (including phenoxy) is 3. The maximum atomic E-state index is 11.7. The fourth-order valence-corrected chi connectivity index (χ4v) is 2.70. The molecular weight excluding hydrogens is 260 g/mol. The van der Waals surface area contributed by atoms with E-state index in [1.54, 1.807) is 18.2 Å². The number of nitriles is 2. The maximum Gasteiger partial charge on any atom is 0.312 e. The quantitative estimate of drug-likeness (QED) is 0.753. The lowest BCUT2D eigenvalue weighted by atomic mass is 10.0. The first kappa shape index (κ1) is 12.3. The molecule has 1 saturated carbocycles. The summed E-state index contributed by atoms with van der Waals surface area (Å²) in [5.74, 6) is -0.635. The second kappa shape index (κ2) is 4.14. The number of rotatable bonds is 2. The van der Waals surface area contributed by atoms with Gasteiger partial charge in [-0.3, -0.25) is 4.79 Å². The molecular formula is C14H10N2O4. The third-order valence-corrected chi connectivity index (χ3v) is 3.79. The Labute approximate surface area is 115 Å². The van der Waals surface area contributed by atoms with E-state index < -0.39 is 23.2 Å². The monoisotopic (exact) mass is 270 g/mol. The zero-order valence-corrected chi connectivity index (χ0v) is 10.6. The van der Waals surface area contributed by atoms with Crippen molar-refractivity contribution in [3.63, 3.8) is 0 Å². The van der Waals surface area contributed by atoms with E-state index in [0.29, 0.717) is 17.1 Å². The van der Waals surface area contributed by atoms with Crippen LogP contribution in [0.4, 0.5) is 0 Å². The summed E-state index contributed by atoms with van der Waals surface area (Å²) in [6, 6.07) is 9.06. The summed E-state index contributed by atoms with van der Waals surface area (Å²) in [5, 5.41) is 18.5. The van der Waals surface area contributed by atoms with Crippen LogP contribution >= 0.6 is 0 Å². The number of fused-ring (bicyclic) bond motifs is 1. The number of carbonyl (C=O) groups excluding carboxylic acids is 1. The first-order chi connectivity index (χ1) is 9.67. The highest BCUT2D eigenvalue weighted by atomic mass is 16.7. The van der Waals surface area contributed by atoms with Crippen molar-refractivity contribution in [2.75, 3.05) is 13.9 Å². The van der Waals surface area contributed by atoms with Gasteiger partial charge in [0.1, 0.15) is 0 Å². The standard InChI is InChI=1S/C14H10N2O4/c1-18-13(17)12-11(14(12,5-15)6-16)8-2-3-9-10(4-8)20-7-19-9/h2-4,11-12H,7H2,1H3/t11-,12-/m0/s1. The largest absolute Gasteiger partial charge is 0.469 e. The number of nitrogens with zero attached hydrogens (tertiary/aromatic N) is 2. The molecule has 2 aliphatic rings. The van der Waals surface area contributed by atoms with E-state index in [-0.39, 0.29) is 6.79 Å². The van der Waals surface area contributed by atoms with Gasteiger partial charge in [-0.25, -0.2) is 0 Å². The molecule has 0 unspecified atom stereocenters. The lowest BCUT2D eigenvalue weighted by molar-refractivity contribution is -0.142. The maximum absolute atomic E-state index is 11.7. The fraction of sp³-hybridized carbons (Fsp3) is 0.357. The lowest BCUT2D eigenvalue weighted by Crippen LogP contribution is -2.09. The molecule has 1 heterocycles. The summed E-state index contributed by atoms with van der Waals surface area (Å²) in [6.07, 6.45) is 0. The molecule has 0 saturated heterocycles. The van der Waals surface area contributed by atoms with E-state index in [1.165, 1.54) is 7.11 Å². The van der Waals surface area contributed by atoms with Gasteiger partial charge in [0.15, 0.2) is 16.9 Å². The van der Waals surface area contributed by atoms with Crippen LogP contribution in [0.15, 0.2) is 18.2 Å². The van der Waals surface area contributed by atoms with Crippen LogP contribution in [0.3, 0.4) is 0 Å². The smallest absolute Gasteiger partial charge is 0.312 e. The summed E-state index contributed by atoms with van der Waals surface area (Å²) < 4.78 is 15.2. The van der Waals surface area contributed by atoms with E-state index in [0.717, 1.165) is 0 Å². The minimum absolute atomic E-state index is 0.144. The lowest BCUT2D eigenvalue weighted by Gasteiger charge is -2.02. The van der Waals surface area contributed by atoms with Gasteiger partial charge in [0.05, 0.1) is 25.2 Å². The predicted octanol–water partition coefficient (Wildman–Crippen LogP) is 1.34. The van der Waals surface area contributed by atoms with Crippen LogP contribution in [0.2, 0.25) is 0 Å². The Hall–Kier alpha value is -2.73. The minimum Gasteiger partial charge on any atom is -0.469 e. The Morgan fingerprint density at radius 3 is 2.70 bits per heavy atom. The van der Waals surface area contributed by atoms with E-state index >= 15 is 0 Å². The number of hydrogen-bond donors (Lipinski definition) is 0. The van der Waals surface area contributed by atoms with Gasteiger partial charge in [-0.15, -0.1) is 0 Å². The van der Waals surface area contributed by atoms with Gasteiger partial charge in [-0.05, 0) is 17.7 Å². The molecule has 0 N–H and O–H groups in total. The third kappa shape index (κ3) is 1.45. The molecule has 1 aliphatic heterocycles. The van der Waals surface area contributed by atoms with Gasteiger partial charge < -0.3 is 14.2 Å². The molecule has 6 heteroatoms. The van der Waals surface area contributed by atoms with Gasteiger partial charge >= 0.3 is 5.97 Å². The zero-order valence-electron chi connectivity index (χ0n) is 10.6. The van der Waals surface area contributed by atoms with Crippen LogP contribution in [-0.4, -0.2) is 19.9 Å². The van der Waals surface area contributed by atoms with Crippen molar-refractivity contribution in [2.24, 2.45) is 11.3 Å². The fourth-order valence-electron chi connectivity index (χ4n) is 2.70. The molecule has 1 fully saturated rings. The Bertz CT molecular complexity index is 657. The van der Waals surface area contributed by atoms with Crippen molar-refractivity contribution in [1.82, 2.24) is 0 Å². The summed E-state index contributed by atoms with van der Waals surface area (Å²) in [5.41, 5.74) is -0.659. The SMILES string of the molecule is COC(=O)[C@@H]1[C@H](c2ccc3c(c2)OCO3)C1(C#N)C#N. The molecule has 100 valence electrons. The first-order valence-corrected chi connectivity index (χ1v) is 5.98. The van der Waals surface area contributed by atoms with Gasteiger partial charge in [-0.2, -0.15) is 10.5 Å². The van der Waals surface area contributed by atoms with Crippen LogP contribution in [0.25, 0.3) is 0 Å². The topological polar surface area (TPSA) is 92.3 Å². The van der Waals surface area contributed by atoms with E-state index in [4.69, 9.17) is 9.47 Å². The van der Waals surface area contributed by atoms with Crippen LogP contribution < -0.4 is 9.47 Å². The molecule has 0 aromatic heterocycles. The Morgan fingerprint density at radius 1 is 1.35 bits per heavy atom. The second-order valence-electron chi connectivity index (χ2n) is 4.68. The minimum atomic E-state index is -1.36. The van der Waals surface area contributed by atoms with Crippen molar-refractivity contribution in [1.29, 1.82) is 10.5 Å². The van der Waals surface area contributed by atoms with E-state index in [9.17, 15) is 15.3 Å². The molecule has 3 rings (SSSR count). The van der Waals surface area contributed by atoms with Crippen molar-refractivity contribution < 1.29 is 19.0 Å². The van der Waals surface area contributed by atoms with Crippen LogP contribution in [-0.2, 0) is 9.53 Å². The third-order valence-electron chi connectivity index (χ3n) is 3.79. The second-order valence-corrected chi connectivity index (χ2v) is 4.68. The van der Waals surface area contributed by atoms with Gasteiger partial charge in [0.25, 0.3) is 0 Å². The van der Waals surface area contributed by atoms with E-state index in [2.05, 4.69) is 4.74 Å². The van der Waals surface area contributed by atoms with Gasteiger partial charge in [-0.1, -0.05) is 6.07 Å². The highest BCUT2D eigenvalue weighted by molar-refractivity contribution is 5.82. The normalized spacial score (nSPS) is 24.4. The molecule has 0 bridgehead atoms. The van der Waals surface area contributed by atoms with Crippen molar-refractivity contribution in [3.05, 3.63) is 23.8 Å². The summed E-state index contributed by atoms with van der Waals surface area (Å²) in [7, 11) is 1.25. The highest BCUT2D eigenvalue weighted by Crippen LogP contribution is 2.65. The van der Waals surface area contributed by atoms with Crippen LogP contribution in [0.5, 0.6) is 11.5 Å². The van der Waals surface area contributed by atoms with Crippen LogP contribution in [0, 0.1) is 34.0 Å². The van der Waals surface area contributed by atoms with Crippen LogP contribution in [0.1, 0.15) is 11.5 Å².